The molecule has 2 aliphatic rings. The predicted octanol–water partition coefficient (Wildman–Crippen LogP) is 4.80. The van der Waals surface area contributed by atoms with Gasteiger partial charge in [-0.2, -0.15) is 4.98 Å². The maximum Gasteiger partial charge on any atom is 0.230 e. The minimum absolute atomic E-state index is 0.0266. The summed E-state index contributed by atoms with van der Waals surface area (Å²) in [6.45, 7) is 1.58. The van der Waals surface area contributed by atoms with Gasteiger partial charge in [0.15, 0.2) is 0 Å². The monoisotopic (exact) mass is 484 g/mol. The second-order valence-electron chi connectivity index (χ2n) is 8.45. The molecule has 2 saturated heterocycles. The Bertz CT molecular complexity index is 1170. The van der Waals surface area contributed by atoms with Crippen LogP contribution in [0.5, 0.6) is 0 Å². The number of halogens is 2. The van der Waals surface area contributed by atoms with E-state index in [1.807, 2.05) is 23.1 Å². The van der Waals surface area contributed by atoms with E-state index in [0.717, 1.165) is 24.1 Å². The molecule has 5 rings (SSSR count). The van der Waals surface area contributed by atoms with Crippen molar-refractivity contribution >= 4 is 40.7 Å². The Balaban J connectivity index is 1.19. The van der Waals surface area contributed by atoms with E-state index >= 15 is 0 Å². The Kier molecular flexibility index (Phi) is 6.08. The normalized spacial score (nSPS) is 19.3. The fraction of sp³-hybridized carbons (Fsp3) is 0.333. The molecule has 2 amide bonds. The molecule has 3 aromatic rings. The molecule has 0 spiro atoms. The molecule has 1 aromatic heterocycles. The highest BCUT2D eigenvalue weighted by Crippen LogP contribution is 2.32. The zero-order valence-electron chi connectivity index (χ0n) is 17.8. The second kappa shape index (κ2) is 9.15. The standard InChI is InChI=1S/C24H22Cl2N4O3/c25-18-6-4-15(5-7-18)22-27-23(33-28-22)16-8-10-29(11-9-16)24(32)17-12-21(31)30(14-17)20-3-1-2-19(26)13-20/h1-7,13,16-17H,8-12,14H2/t17-/m1/s1. The molecule has 0 N–H and O–H groups in total. The van der Waals surface area contributed by atoms with Crippen LogP contribution < -0.4 is 4.90 Å². The van der Waals surface area contributed by atoms with Crippen molar-refractivity contribution in [3.8, 4) is 11.4 Å². The van der Waals surface area contributed by atoms with Gasteiger partial charge in [0.05, 0.1) is 5.92 Å². The highest BCUT2D eigenvalue weighted by molar-refractivity contribution is 6.31. The smallest absolute Gasteiger partial charge is 0.230 e. The quantitative estimate of drug-likeness (QED) is 0.531. The summed E-state index contributed by atoms with van der Waals surface area (Å²) >= 11 is 12.0. The van der Waals surface area contributed by atoms with Crippen LogP contribution in [0.4, 0.5) is 5.69 Å². The van der Waals surface area contributed by atoms with Gasteiger partial charge >= 0.3 is 0 Å². The van der Waals surface area contributed by atoms with Gasteiger partial charge in [0.2, 0.25) is 23.5 Å². The first-order valence-electron chi connectivity index (χ1n) is 10.9. The number of rotatable bonds is 4. The maximum absolute atomic E-state index is 13.1. The second-order valence-corrected chi connectivity index (χ2v) is 9.32. The van der Waals surface area contributed by atoms with Crippen molar-refractivity contribution in [2.75, 3.05) is 24.5 Å². The first kappa shape index (κ1) is 21.9. The molecule has 0 unspecified atom stereocenters. The van der Waals surface area contributed by atoms with E-state index in [4.69, 9.17) is 27.7 Å². The van der Waals surface area contributed by atoms with Gasteiger partial charge in [0, 0.05) is 53.3 Å². The van der Waals surface area contributed by atoms with E-state index in [2.05, 4.69) is 10.1 Å². The van der Waals surface area contributed by atoms with E-state index in [9.17, 15) is 9.59 Å². The van der Waals surface area contributed by atoms with Gasteiger partial charge in [0.25, 0.3) is 0 Å². The topological polar surface area (TPSA) is 79.5 Å². The van der Waals surface area contributed by atoms with Crippen LogP contribution in [0.3, 0.4) is 0 Å². The van der Waals surface area contributed by atoms with Crippen LogP contribution in [0, 0.1) is 5.92 Å². The summed E-state index contributed by atoms with van der Waals surface area (Å²) < 4.78 is 5.51. The minimum Gasteiger partial charge on any atom is -0.342 e. The minimum atomic E-state index is -0.340. The fourth-order valence-electron chi connectivity index (χ4n) is 4.49. The van der Waals surface area contributed by atoms with Crippen LogP contribution in [0.2, 0.25) is 10.0 Å². The number of anilines is 1. The molecule has 2 aliphatic heterocycles. The third-order valence-electron chi connectivity index (χ3n) is 6.29. The fourth-order valence-corrected chi connectivity index (χ4v) is 4.80. The molecule has 0 radical (unpaired) electrons. The Labute approximate surface area is 201 Å². The molecule has 2 fully saturated rings. The van der Waals surface area contributed by atoms with E-state index in [1.165, 1.54) is 0 Å². The number of amides is 2. The van der Waals surface area contributed by atoms with Crippen LogP contribution in [0.15, 0.2) is 53.1 Å². The lowest BCUT2D eigenvalue weighted by Gasteiger charge is -2.32. The number of benzene rings is 2. The Morgan fingerprint density at radius 2 is 1.79 bits per heavy atom. The van der Waals surface area contributed by atoms with E-state index in [-0.39, 0.29) is 30.1 Å². The van der Waals surface area contributed by atoms with Crippen molar-refractivity contribution in [1.29, 1.82) is 0 Å². The number of hydrogen-bond acceptors (Lipinski definition) is 5. The summed E-state index contributed by atoms with van der Waals surface area (Å²) in [4.78, 5) is 33.7. The number of carbonyl (C=O) groups is 2. The van der Waals surface area contributed by atoms with Crippen LogP contribution in [-0.2, 0) is 9.59 Å². The van der Waals surface area contributed by atoms with Crippen molar-refractivity contribution < 1.29 is 14.1 Å². The SMILES string of the molecule is O=C([C@@H]1CC(=O)N(c2cccc(Cl)c2)C1)N1CCC(c2nc(-c3ccc(Cl)cc3)no2)CC1. The van der Waals surface area contributed by atoms with Gasteiger partial charge < -0.3 is 14.3 Å². The Morgan fingerprint density at radius 1 is 1.03 bits per heavy atom. The molecule has 0 aliphatic carbocycles. The van der Waals surface area contributed by atoms with E-state index in [0.29, 0.717) is 41.4 Å². The van der Waals surface area contributed by atoms with E-state index in [1.54, 1.807) is 35.2 Å². The average molecular weight is 485 g/mol. The van der Waals surface area contributed by atoms with Crippen LogP contribution in [0.1, 0.15) is 31.1 Å². The number of carbonyl (C=O) groups excluding carboxylic acids is 2. The number of hydrogen-bond donors (Lipinski definition) is 0. The zero-order chi connectivity index (χ0) is 22.9. The maximum atomic E-state index is 13.1. The molecule has 1 atom stereocenters. The van der Waals surface area contributed by atoms with Gasteiger partial charge in [-0.05, 0) is 55.3 Å². The molecule has 9 heteroatoms. The van der Waals surface area contributed by atoms with Crippen molar-refractivity contribution in [2.45, 2.75) is 25.2 Å². The molecule has 2 aromatic carbocycles. The van der Waals surface area contributed by atoms with Gasteiger partial charge in [-0.1, -0.05) is 34.4 Å². The first-order valence-corrected chi connectivity index (χ1v) is 11.7. The average Bonchev–Trinajstić information content (AvgIpc) is 3.47. The third kappa shape index (κ3) is 4.61. The van der Waals surface area contributed by atoms with Gasteiger partial charge in [-0.3, -0.25) is 9.59 Å². The van der Waals surface area contributed by atoms with Gasteiger partial charge in [-0.15, -0.1) is 0 Å². The van der Waals surface area contributed by atoms with Crippen LogP contribution >= 0.6 is 23.2 Å². The number of likely N-dealkylation sites (tertiary alicyclic amines) is 1. The van der Waals surface area contributed by atoms with E-state index < -0.39 is 0 Å². The van der Waals surface area contributed by atoms with Gasteiger partial charge in [0.1, 0.15) is 0 Å². The zero-order valence-corrected chi connectivity index (χ0v) is 19.3. The number of piperidine rings is 1. The predicted molar refractivity (Wildman–Crippen MR) is 125 cm³/mol. The van der Waals surface area contributed by atoms with Crippen molar-refractivity contribution in [1.82, 2.24) is 15.0 Å². The van der Waals surface area contributed by atoms with Crippen LogP contribution in [-0.4, -0.2) is 46.5 Å². The molecule has 3 heterocycles. The molecular weight excluding hydrogens is 463 g/mol. The Morgan fingerprint density at radius 3 is 2.52 bits per heavy atom. The molecular formula is C24H22Cl2N4O3. The molecule has 0 bridgehead atoms. The van der Waals surface area contributed by atoms with Crippen molar-refractivity contribution in [3.63, 3.8) is 0 Å². The Hall–Kier alpha value is -2.90. The first-order chi connectivity index (χ1) is 16.0. The van der Waals surface area contributed by atoms with Gasteiger partial charge in [-0.25, -0.2) is 0 Å². The highest BCUT2D eigenvalue weighted by atomic mass is 35.5. The van der Waals surface area contributed by atoms with Crippen LogP contribution in [0.25, 0.3) is 11.4 Å². The lowest BCUT2D eigenvalue weighted by Crippen LogP contribution is -2.42. The lowest BCUT2D eigenvalue weighted by atomic mass is 9.95. The summed E-state index contributed by atoms with van der Waals surface area (Å²) in [6, 6.07) is 14.4. The molecule has 0 saturated carbocycles. The highest BCUT2D eigenvalue weighted by Gasteiger charge is 2.38. The largest absolute Gasteiger partial charge is 0.342 e. The number of nitrogens with zero attached hydrogens (tertiary/aromatic N) is 4. The summed E-state index contributed by atoms with van der Waals surface area (Å²) in [5, 5.41) is 5.32. The molecule has 33 heavy (non-hydrogen) atoms. The molecule has 170 valence electrons. The summed E-state index contributed by atoms with van der Waals surface area (Å²) in [5.41, 5.74) is 1.58. The number of aromatic nitrogens is 2. The summed E-state index contributed by atoms with van der Waals surface area (Å²) in [7, 11) is 0. The molecule has 7 nitrogen and oxygen atoms in total. The van der Waals surface area contributed by atoms with Crippen molar-refractivity contribution in [2.24, 2.45) is 5.92 Å². The van der Waals surface area contributed by atoms with Crippen molar-refractivity contribution in [3.05, 3.63) is 64.5 Å². The summed E-state index contributed by atoms with van der Waals surface area (Å²) in [6.07, 6.45) is 1.71. The lowest BCUT2D eigenvalue weighted by molar-refractivity contribution is -0.136. The summed E-state index contributed by atoms with van der Waals surface area (Å²) in [5.74, 6) is 0.870. The third-order valence-corrected chi connectivity index (χ3v) is 6.78.